The van der Waals surface area contributed by atoms with Crippen LogP contribution in [-0.2, 0) is 10.2 Å². The van der Waals surface area contributed by atoms with Gasteiger partial charge >= 0.3 is 0 Å². The molecule has 1 saturated carbocycles. The molecule has 6 rings (SSSR count). The number of benzene rings is 3. The third-order valence-electron chi connectivity index (χ3n) is 8.05. The Kier molecular flexibility index (Phi) is 4.58. The fourth-order valence-corrected chi connectivity index (χ4v) is 6.66. The van der Waals surface area contributed by atoms with Gasteiger partial charge < -0.3 is 14.5 Å². The Morgan fingerprint density at radius 3 is 2.44 bits per heavy atom. The largest absolute Gasteiger partial charge is 0.377 e. The van der Waals surface area contributed by atoms with Crippen LogP contribution in [0.25, 0.3) is 16.8 Å². The van der Waals surface area contributed by atoms with Crippen molar-refractivity contribution in [2.75, 3.05) is 37.0 Å². The summed E-state index contributed by atoms with van der Waals surface area (Å²) in [6, 6.07) is 22.3. The zero-order valence-electron chi connectivity index (χ0n) is 19.2. The van der Waals surface area contributed by atoms with Gasteiger partial charge in [-0.1, -0.05) is 73.9 Å². The van der Waals surface area contributed by atoms with Gasteiger partial charge in [0.25, 0.3) is 0 Å². The number of rotatable bonds is 3. The maximum atomic E-state index is 6.77. The maximum absolute atomic E-state index is 6.77. The lowest BCUT2D eigenvalue weighted by atomic mass is 9.64. The zero-order chi connectivity index (χ0) is 21.8. The van der Waals surface area contributed by atoms with E-state index in [0.29, 0.717) is 0 Å². The van der Waals surface area contributed by atoms with E-state index in [1.54, 1.807) is 0 Å². The molecule has 1 spiro atoms. The molecule has 0 amide bonds. The maximum Gasteiger partial charge on any atom is 0.170 e. The van der Waals surface area contributed by atoms with E-state index in [1.807, 2.05) is 0 Å². The summed E-state index contributed by atoms with van der Waals surface area (Å²) in [7, 11) is 4.23. The summed E-state index contributed by atoms with van der Waals surface area (Å²) in [6.07, 6.45) is 11.0. The Bertz CT molecular complexity index is 1190. The van der Waals surface area contributed by atoms with Crippen LogP contribution in [0.5, 0.6) is 0 Å². The van der Waals surface area contributed by atoms with E-state index >= 15 is 0 Å². The van der Waals surface area contributed by atoms with Crippen molar-refractivity contribution in [2.45, 2.75) is 43.2 Å². The van der Waals surface area contributed by atoms with Crippen LogP contribution >= 0.6 is 0 Å². The highest BCUT2D eigenvalue weighted by molar-refractivity contribution is 5.99. The zero-order valence-corrected chi connectivity index (χ0v) is 19.2. The fraction of sp³-hybridized carbons (Fsp3) is 0.379. The highest BCUT2D eigenvalue weighted by atomic mass is 16.5. The fourth-order valence-electron chi connectivity index (χ4n) is 6.66. The number of hydrogen-bond donors (Lipinski definition) is 0. The number of para-hydroxylation sites is 1. The van der Waals surface area contributed by atoms with Crippen molar-refractivity contribution in [3.63, 3.8) is 0 Å². The quantitative estimate of drug-likeness (QED) is 0.486. The monoisotopic (exact) mass is 424 g/mol. The summed E-state index contributed by atoms with van der Waals surface area (Å²) >= 11 is 0. The van der Waals surface area contributed by atoms with Gasteiger partial charge in [0, 0.05) is 42.8 Å². The molecule has 3 nitrogen and oxygen atoms in total. The van der Waals surface area contributed by atoms with Crippen LogP contribution in [0.2, 0.25) is 0 Å². The van der Waals surface area contributed by atoms with Crippen LogP contribution in [0.3, 0.4) is 0 Å². The molecule has 1 saturated heterocycles. The average Bonchev–Trinajstić information content (AvgIpc) is 3.35. The lowest BCUT2D eigenvalue weighted by Gasteiger charge is -2.46. The molecule has 164 valence electrons. The molecule has 3 heteroatoms. The van der Waals surface area contributed by atoms with E-state index in [4.69, 9.17) is 4.74 Å². The van der Waals surface area contributed by atoms with Crippen molar-refractivity contribution in [1.29, 1.82) is 0 Å². The van der Waals surface area contributed by atoms with E-state index in [9.17, 15) is 0 Å². The SMILES string of the molecule is CN(C)c1ccc(/C=C/C23OCCN2c2ccccc2C32CCCCC2)c2ccccc12. The second-order valence-corrected chi connectivity index (χ2v) is 9.80. The third-order valence-corrected chi connectivity index (χ3v) is 8.05. The third kappa shape index (κ3) is 2.64. The first-order valence-corrected chi connectivity index (χ1v) is 12.1. The Morgan fingerprint density at radius 2 is 1.62 bits per heavy atom. The summed E-state index contributed by atoms with van der Waals surface area (Å²) in [6.45, 7) is 1.75. The molecule has 1 aliphatic carbocycles. The molecule has 3 aromatic rings. The van der Waals surface area contributed by atoms with Crippen LogP contribution in [0.1, 0.15) is 43.2 Å². The predicted molar refractivity (Wildman–Crippen MR) is 135 cm³/mol. The van der Waals surface area contributed by atoms with Crippen LogP contribution in [0.15, 0.2) is 66.7 Å². The molecule has 2 fully saturated rings. The van der Waals surface area contributed by atoms with Crippen molar-refractivity contribution in [1.82, 2.24) is 0 Å². The molecule has 2 aliphatic heterocycles. The summed E-state index contributed by atoms with van der Waals surface area (Å²) in [5, 5.41) is 2.59. The minimum Gasteiger partial charge on any atom is -0.377 e. The van der Waals surface area contributed by atoms with E-state index in [0.717, 1.165) is 13.2 Å². The number of anilines is 2. The number of nitrogens with zero attached hydrogens (tertiary/aromatic N) is 2. The van der Waals surface area contributed by atoms with Gasteiger partial charge in [-0.25, -0.2) is 0 Å². The summed E-state index contributed by atoms with van der Waals surface area (Å²) in [5.41, 5.74) is 5.07. The Hall–Kier alpha value is -2.78. The number of ether oxygens (including phenoxy) is 1. The topological polar surface area (TPSA) is 15.7 Å². The standard InChI is InChI=1S/C29H32N2O/c1-30(2)26-15-14-22(23-10-4-5-11-24(23)26)16-19-29-28(17-8-3-9-18-28)25-12-6-7-13-27(25)31(29)20-21-32-29/h4-7,10-16,19H,3,8-9,17-18,20-21H2,1-2H3/b19-16+. The van der Waals surface area contributed by atoms with Crippen molar-refractivity contribution in [3.05, 3.63) is 77.9 Å². The van der Waals surface area contributed by atoms with E-state index in [2.05, 4.69) is 96.7 Å². The average molecular weight is 425 g/mol. The van der Waals surface area contributed by atoms with Crippen LogP contribution < -0.4 is 9.80 Å². The highest BCUT2D eigenvalue weighted by Crippen LogP contribution is 2.61. The van der Waals surface area contributed by atoms with Crippen LogP contribution in [0.4, 0.5) is 11.4 Å². The van der Waals surface area contributed by atoms with Gasteiger partial charge in [0.2, 0.25) is 0 Å². The second kappa shape index (κ2) is 7.38. The molecule has 3 aromatic carbocycles. The van der Waals surface area contributed by atoms with Crippen molar-refractivity contribution < 1.29 is 4.74 Å². The van der Waals surface area contributed by atoms with Gasteiger partial charge in [-0.05, 0) is 47.6 Å². The lowest BCUT2D eigenvalue weighted by molar-refractivity contribution is -0.0284. The molecule has 1 atom stereocenters. The smallest absolute Gasteiger partial charge is 0.170 e. The normalized spacial score (nSPS) is 23.8. The molecule has 1 unspecified atom stereocenters. The molecular weight excluding hydrogens is 392 g/mol. The van der Waals surface area contributed by atoms with Gasteiger partial charge in [0.15, 0.2) is 5.72 Å². The molecular formula is C29H32N2O. The lowest BCUT2D eigenvalue weighted by Crippen LogP contribution is -2.55. The Balaban J connectivity index is 1.51. The Labute approximate surface area is 191 Å². The highest BCUT2D eigenvalue weighted by Gasteiger charge is 2.63. The minimum atomic E-state index is -0.377. The first kappa shape index (κ1) is 19.9. The predicted octanol–water partition coefficient (Wildman–Crippen LogP) is 6.37. The molecule has 32 heavy (non-hydrogen) atoms. The van der Waals surface area contributed by atoms with Crippen LogP contribution in [0, 0.1) is 0 Å². The van der Waals surface area contributed by atoms with Crippen molar-refractivity contribution >= 4 is 28.2 Å². The number of fused-ring (bicyclic) bond motifs is 6. The number of hydrogen-bond acceptors (Lipinski definition) is 3. The van der Waals surface area contributed by atoms with Crippen molar-refractivity contribution in [3.8, 4) is 0 Å². The molecule has 0 radical (unpaired) electrons. The van der Waals surface area contributed by atoms with Crippen LogP contribution in [-0.4, -0.2) is 33.0 Å². The van der Waals surface area contributed by atoms with Crippen molar-refractivity contribution in [2.24, 2.45) is 0 Å². The van der Waals surface area contributed by atoms with E-state index < -0.39 is 0 Å². The minimum absolute atomic E-state index is 0.0498. The molecule has 2 heterocycles. The van der Waals surface area contributed by atoms with Gasteiger partial charge in [0.05, 0.1) is 6.61 Å². The van der Waals surface area contributed by atoms with Gasteiger partial charge in [-0.15, -0.1) is 0 Å². The first-order valence-electron chi connectivity index (χ1n) is 12.1. The summed E-state index contributed by atoms with van der Waals surface area (Å²) in [5.74, 6) is 0. The van der Waals surface area contributed by atoms with Gasteiger partial charge in [0.1, 0.15) is 0 Å². The second-order valence-electron chi connectivity index (χ2n) is 9.80. The molecule has 0 bridgehead atoms. The van der Waals surface area contributed by atoms with Gasteiger partial charge in [-0.2, -0.15) is 0 Å². The summed E-state index contributed by atoms with van der Waals surface area (Å²) in [4.78, 5) is 4.75. The van der Waals surface area contributed by atoms with E-state index in [1.165, 1.54) is 65.4 Å². The van der Waals surface area contributed by atoms with E-state index in [-0.39, 0.29) is 11.1 Å². The molecule has 3 aliphatic rings. The molecule has 0 N–H and O–H groups in total. The Morgan fingerprint density at radius 1 is 0.875 bits per heavy atom. The van der Waals surface area contributed by atoms with Gasteiger partial charge in [-0.3, -0.25) is 0 Å². The summed E-state index contributed by atoms with van der Waals surface area (Å²) < 4.78 is 6.77. The molecule has 0 aromatic heterocycles. The first-order chi connectivity index (χ1) is 15.7.